The molecule has 3 rings (SSSR count). The maximum Gasteiger partial charge on any atom is 0.332 e. The smallest absolute Gasteiger partial charge is 0.332 e. The van der Waals surface area contributed by atoms with Crippen LogP contribution in [0.15, 0.2) is 57.0 Å². The lowest BCUT2D eigenvalue weighted by molar-refractivity contribution is 0.276. The maximum absolute atomic E-state index is 14.2. The summed E-state index contributed by atoms with van der Waals surface area (Å²) in [4.78, 5) is 31.4. The van der Waals surface area contributed by atoms with Gasteiger partial charge >= 0.3 is 5.69 Å². The molecule has 0 aliphatic heterocycles. The number of hydrogen-bond acceptors (Lipinski definition) is 6. The van der Waals surface area contributed by atoms with Crippen molar-refractivity contribution < 1.29 is 18.6 Å². The Labute approximate surface area is 198 Å². The van der Waals surface area contributed by atoms with Gasteiger partial charge in [-0.05, 0) is 43.0 Å². The summed E-state index contributed by atoms with van der Waals surface area (Å²) in [6.07, 6.45) is 0.178. The molecule has 0 aliphatic rings. The number of halogens is 3. The molecule has 0 aliphatic carbocycles. The predicted molar refractivity (Wildman–Crippen MR) is 126 cm³/mol. The minimum atomic E-state index is -1.17. The Bertz CT molecular complexity index is 1290. The fraction of sp³-hybridized carbons (Fsp3) is 0.261. The van der Waals surface area contributed by atoms with E-state index in [-0.39, 0.29) is 50.1 Å². The minimum absolute atomic E-state index is 0.0208. The average Bonchev–Trinajstić information content (AvgIpc) is 2.82. The van der Waals surface area contributed by atoms with E-state index in [9.17, 15) is 23.5 Å². The summed E-state index contributed by atoms with van der Waals surface area (Å²) in [5, 5.41) is 9.68. The minimum Gasteiger partial charge on any atom is -0.470 e. The molecule has 0 saturated heterocycles. The normalized spacial score (nSPS) is 10.9. The van der Waals surface area contributed by atoms with Crippen molar-refractivity contribution >= 4 is 29.8 Å². The highest BCUT2D eigenvalue weighted by Crippen LogP contribution is 2.26. The molecule has 1 N–H and O–H groups in total. The zero-order chi connectivity index (χ0) is 24.8. The van der Waals surface area contributed by atoms with Crippen molar-refractivity contribution in [3.8, 4) is 5.75 Å². The molecule has 0 fully saturated rings. The Morgan fingerprint density at radius 3 is 2.53 bits per heavy atom. The molecule has 8 nitrogen and oxygen atoms in total. The molecule has 0 atom stereocenters. The van der Waals surface area contributed by atoms with Crippen LogP contribution in [0.3, 0.4) is 0 Å². The average molecular weight is 493 g/mol. The Morgan fingerprint density at radius 1 is 1.18 bits per heavy atom. The molecule has 11 heteroatoms. The van der Waals surface area contributed by atoms with E-state index in [0.29, 0.717) is 5.02 Å². The van der Waals surface area contributed by atoms with Crippen molar-refractivity contribution in [1.29, 1.82) is 0 Å². The van der Waals surface area contributed by atoms with E-state index in [0.717, 1.165) is 20.8 Å². The first kappa shape index (κ1) is 25.1. The Morgan fingerprint density at radius 2 is 1.88 bits per heavy atom. The lowest BCUT2D eigenvalue weighted by atomic mass is 10.2. The summed E-state index contributed by atoms with van der Waals surface area (Å²) < 4.78 is 35.5. The number of aliphatic hydroxyl groups excluding tert-OH is 1. The molecule has 34 heavy (non-hydrogen) atoms. The maximum atomic E-state index is 14.2. The summed E-state index contributed by atoms with van der Waals surface area (Å²) in [7, 11) is 1.43. The topological polar surface area (TPSA) is 89.1 Å². The third-order valence-corrected chi connectivity index (χ3v) is 5.33. The standard InChI is InChI=1S/C23H23ClF2N4O4/c1-27-21-20(22(32)30(11-4-12-31)23(33)28(21)2)29(13-15-7-9-16(24)10-8-15)14-34-18-6-3-5-17(25)19(18)26/h3,5-10,31H,1,4,11-14H2,2H3. The van der Waals surface area contributed by atoms with Crippen molar-refractivity contribution in [2.45, 2.75) is 19.5 Å². The van der Waals surface area contributed by atoms with Crippen molar-refractivity contribution in [3.63, 3.8) is 0 Å². The van der Waals surface area contributed by atoms with Crippen LogP contribution in [0.5, 0.6) is 5.75 Å². The van der Waals surface area contributed by atoms with Gasteiger partial charge in [0.2, 0.25) is 5.82 Å². The molecule has 0 radical (unpaired) electrons. The highest BCUT2D eigenvalue weighted by Gasteiger charge is 2.23. The number of hydrogen-bond donors (Lipinski definition) is 1. The van der Waals surface area contributed by atoms with Crippen molar-refractivity contribution in [3.05, 3.63) is 85.5 Å². The van der Waals surface area contributed by atoms with E-state index >= 15 is 0 Å². The van der Waals surface area contributed by atoms with Crippen LogP contribution < -0.4 is 20.9 Å². The molecule has 3 aromatic rings. The van der Waals surface area contributed by atoms with E-state index < -0.39 is 22.9 Å². The lowest BCUT2D eigenvalue weighted by Crippen LogP contribution is -2.43. The van der Waals surface area contributed by atoms with Gasteiger partial charge in [0, 0.05) is 31.8 Å². The van der Waals surface area contributed by atoms with Gasteiger partial charge in [-0.25, -0.2) is 14.2 Å². The van der Waals surface area contributed by atoms with Gasteiger partial charge in [0.05, 0.1) is 0 Å². The first-order chi connectivity index (χ1) is 16.3. The highest BCUT2D eigenvalue weighted by molar-refractivity contribution is 6.30. The van der Waals surface area contributed by atoms with Crippen molar-refractivity contribution in [2.75, 3.05) is 18.2 Å². The van der Waals surface area contributed by atoms with Gasteiger partial charge in [-0.3, -0.25) is 13.9 Å². The number of aliphatic hydroxyl groups is 1. The molecule has 0 unspecified atom stereocenters. The Balaban J connectivity index is 2.12. The van der Waals surface area contributed by atoms with Gasteiger partial charge < -0.3 is 14.7 Å². The number of benzene rings is 2. The predicted octanol–water partition coefficient (Wildman–Crippen LogP) is 3.24. The van der Waals surface area contributed by atoms with E-state index in [4.69, 9.17) is 16.3 Å². The van der Waals surface area contributed by atoms with Crippen LogP contribution in [-0.2, 0) is 20.1 Å². The van der Waals surface area contributed by atoms with Crippen molar-refractivity contribution in [2.24, 2.45) is 12.0 Å². The van der Waals surface area contributed by atoms with Crippen LogP contribution in [0, 0.1) is 11.6 Å². The number of ether oxygens (including phenoxy) is 1. The molecule has 0 saturated carbocycles. The monoisotopic (exact) mass is 492 g/mol. The lowest BCUT2D eigenvalue weighted by Gasteiger charge is -2.27. The molecular formula is C23H23ClF2N4O4. The molecule has 180 valence electrons. The summed E-state index contributed by atoms with van der Waals surface area (Å²) >= 11 is 5.97. The summed E-state index contributed by atoms with van der Waals surface area (Å²) in [5.74, 6) is -2.62. The first-order valence-corrected chi connectivity index (χ1v) is 10.6. The Kier molecular flexibility index (Phi) is 8.19. The summed E-state index contributed by atoms with van der Waals surface area (Å²) in [6.45, 7) is 2.94. The van der Waals surface area contributed by atoms with Crippen LogP contribution in [0.2, 0.25) is 5.02 Å². The van der Waals surface area contributed by atoms with E-state index in [1.54, 1.807) is 24.3 Å². The van der Waals surface area contributed by atoms with E-state index in [1.165, 1.54) is 24.1 Å². The summed E-state index contributed by atoms with van der Waals surface area (Å²) in [5.41, 5.74) is -0.621. The fourth-order valence-corrected chi connectivity index (χ4v) is 3.49. The van der Waals surface area contributed by atoms with Gasteiger partial charge in [0.15, 0.2) is 24.1 Å². The van der Waals surface area contributed by atoms with Gasteiger partial charge in [0.1, 0.15) is 5.69 Å². The third-order valence-electron chi connectivity index (χ3n) is 5.08. The largest absolute Gasteiger partial charge is 0.470 e. The second kappa shape index (κ2) is 11.1. The zero-order valence-electron chi connectivity index (χ0n) is 18.4. The second-order valence-electron chi connectivity index (χ2n) is 7.36. The molecule has 0 spiro atoms. The molecular weight excluding hydrogens is 470 g/mol. The SMILES string of the molecule is C=Nc1c(N(COc2cccc(F)c2F)Cc2ccc(Cl)cc2)c(=O)n(CCCO)c(=O)n1C. The van der Waals surface area contributed by atoms with E-state index in [1.807, 2.05) is 0 Å². The molecule has 2 aromatic carbocycles. The molecule has 0 bridgehead atoms. The first-order valence-electron chi connectivity index (χ1n) is 10.3. The number of aliphatic imine (C=N–C) groups is 1. The second-order valence-corrected chi connectivity index (χ2v) is 7.79. The van der Waals surface area contributed by atoms with Crippen LogP contribution in [-0.4, -0.2) is 34.3 Å². The highest BCUT2D eigenvalue weighted by atomic mass is 35.5. The summed E-state index contributed by atoms with van der Waals surface area (Å²) in [6, 6.07) is 10.3. The van der Waals surface area contributed by atoms with Gasteiger partial charge in [0.25, 0.3) is 5.56 Å². The third kappa shape index (κ3) is 5.35. The zero-order valence-corrected chi connectivity index (χ0v) is 19.1. The van der Waals surface area contributed by atoms with Crippen LogP contribution in [0.25, 0.3) is 0 Å². The molecule has 1 heterocycles. The number of anilines is 1. The van der Waals surface area contributed by atoms with Gasteiger partial charge in [-0.2, -0.15) is 4.39 Å². The molecule has 1 aromatic heterocycles. The van der Waals surface area contributed by atoms with Gasteiger partial charge in [-0.15, -0.1) is 0 Å². The van der Waals surface area contributed by atoms with E-state index in [2.05, 4.69) is 11.7 Å². The Hall–Kier alpha value is -3.50. The number of nitrogens with zero attached hydrogens (tertiary/aromatic N) is 4. The van der Waals surface area contributed by atoms with Gasteiger partial charge in [-0.1, -0.05) is 29.8 Å². The number of rotatable bonds is 10. The number of aromatic nitrogens is 2. The van der Waals surface area contributed by atoms with Crippen molar-refractivity contribution in [1.82, 2.24) is 9.13 Å². The fourth-order valence-electron chi connectivity index (χ4n) is 3.37. The quantitative estimate of drug-likeness (QED) is 0.347. The van der Waals surface area contributed by atoms with Crippen LogP contribution >= 0.6 is 11.6 Å². The molecule has 0 amide bonds. The van der Waals surface area contributed by atoms with Crippen LogP contribution in [0.4, 0.5) is 20.3 Å². The van der Waals surface area contributed by atoms with Crippen LogP contribution in [0.1, 0.15) is 12.0 Å².